The number of carbonyl (C=O) groups excluding carboxylic acids is 1. The molecule has 1 N–H and O–H groups in total. The van der Waals surface area contributed by atoms with Gasteiger partial charge in [-0.25, -0.2) is 9.59 Å². The number of allylic oxidation sites excluding steroid dienone is 6. The molecule has 3 aliphatic rings. The highest BCUT2D eigenvalue weighted by Crippen LogP contribution is 2.64. The van der Waals surface area contributed by atoms with Gasteiger partial charge < -0.3 is 19.0 Å². The maximum Gasteiger partial charge on any atom is 0.342 e. The van der Waals surface area contributed by atoms with E-state index in [1.54, 1.807) is 19.9 Å². The van der Waals surface area contributed by atoms with Gasteiger partial charge in [0.2, 0.25) is 0 Å². The Labute approximate surface area is 264 Å². The Morgan fingerprint density at radius 1 is 1.07 bits per heavy atom. The quantitative estimate of drug-likeness (QED) is 0.138. The van der Waals surface area contributed by atoms with Gasteiger partial charge in [0.05, 0.1) is 17.3 Å². The minimum atomic E-state index is -0.629. The first kappa shape index (κ1) is 34.0. The molecule has 2 aliphatic carbocycles. The van der Waals surface area contributed by atoms with E-state index in [9.17, 15) is 14.7 Å². The molecule has 44 heavy (non-hydrogen) atoms. The molecule has 0 amide bonds. The lowest BCUT2D eigenvalue weighted by molar-refractivity contribution is -0.204. The highest BCUT2D eigenvalue weighted by molar-refractivity contribution is 5.82. The van der Waals surface area contributed by atoms with Crippen molar-refractivity contribution >= 4 is 5.97 Å². The van der Waals surface area contributed by atoms with Gasteiger partial charge in [0.25, 0.3) is 0 Å². The van der Waals surface area contributed by atoms with Crippen molar-refractivity contribution < 1.29 is 23.8 Å². The summed E-state index contributed by atoms with van der Waals surface area (Å²) in [5, 5.41) is 10.9. The molecule has 1 aromatic rings. The average molecular weight is 607 g/mol. The number of hydrogen-bond donors (Lipinski definition) is 1. The maximum absolute atomic E-state index is 12.9. The van der Waals surface area contributed by atoms with Crippen molar-refractivity contribution in [3.63, 3.8) is 0 Å². The van der Waals surface area contributed by atoms with Gasteiger partial charge in [0.15, 0.2) is 0 Å². The van der Waals surface area contributed by atoms with Gasteiger partial charge in [-0.3, -0.25) is 0 Å². The second-order valence-electron chi connectivity index (χ2n) is 14.6. The summed E-state index contributed by atoms with van der Waals surface area (Å²) >= 11 is 0. The number of hydrogen-bond acceptors (Lipinski definition) is 6. The summed E-state index contributed by atoms with van der Waals surface area (Å²) in [6.07, 6.45) is 17.6. The van der Waals surface area contributed by atoms with Crippen molar-refractivity contribution in [2.75, 3.05) is 0 Å². The number of aromatic hydroxyl groups is 1. The van der Waals surface area contributed by atoms with E-state index in [0.29, 0.717) is 41.6 Å². The third kappa shape index (κ3) is 6.71. The number of carbonyl (C=O) groups is 1. The Morgan fingerprint density at radius 3 is 2.45 bits per heavy atom. The van der Waals surface area contributed by atoms with Gasteiger partial charge in [-0.05, 0) is 101 Å². The smallest absolute Gasteiger partial charge is 0.342 e. The van der Waals surface area contributed by atoms with E-state index < -0.39 is 11.2 Å². The van der Waals surface area contributed by atoms with Crippen LogP contribution in [-0.2, 0) is 20.7 Å². The standard InChI is InChI=1S/C38H54O6/c1-10-24(2)15-13-11-12-14-16-33(39)43-31-19-22-38(9)30-18-17-25(3)29(23-28-34(40)26(4)27(5)42-35(28)41)37(30,8)21-20-32(38)44-36(31,6)7/h11-16,24,29-32,40H,3,10,17-23H2,1-2,4-9H3/b12-11+,15-13+,16-14+. The first-order chi connectivity index (χ1) is 20.6. The van der Waals surface area contributed by atoms with Crippen molar-refractivity contribution in [1.82, 2.24) is 0 Å². The van der Waals surface area contributed by atoms with Crippen LogP contribution in [0.3, 0.4) is 0 Å². The second kappa shape index (κ2) is 13.2. The van der Waals surface area contributed by atoms with Crippen molar-refractivity contribution in [3.05, 3.63) is 75.9 Å². The Morgan fingerprint density at radius 2 is 1.75 bits per heavy atom. The number of fused-ring (bicyclic) bond motifs is 3. The second-order valence-corrected chi connectivity index (χ2v) is 14.6. The van der Waals surface area contributed by atoms with Crippen LogP contribution in [0.15, 0.2) is 57.8 Å². The van der Waals surface area contributed by atoms with Crippen molar-refractivity contribution in [1.29, 1.82) is 0 Å². The van der Waals surface area contributed by atoms with E-state index in [4.69, 9.17) is 13.9 Å². The van der Waals surface area contributed by atoms with Crippen molar-refractivity contribution in [2.24, 2.45) is 28.6 Å². The summed E-state index contributed by atoms with van der Waals surface area (Å²) < 4.78 is 18.4. The first-order valence-corrected chi connectivity index (χ1v) is 16.5. The molecule has 7 atom stereocenters. The molecular formula is C38H54O6. The normalized spacial score (nSPS) is 32.9. The summed E-state index contributed by atoms with van der Waals surface area (Å²) in [5.41, 5.74) is 0.759. The molecule has 6 heteroatoms. The lowest BCUT2D eigenvalue weighted by Gasteiger charge is -2.61. The molecule has 2 heterocycles. The van der Waals surface area contributed by atoms with Gasteiger partial charge in [0.1, 0.15) is 17.6 Å². The molecule has 7 unspecified atom stereocenters. The molecule has 1 saturated heterocycles. The molecule has 3 fully saturated rings. The SMILES string of the molecule is C=C1CCC2C3(C)CCC(OC(=O)/C=C/C=C/C=C/C(C)CC)C(C)(C)OC3CCC2(C)C1Cc1c(O)c(C)c(C)oc1=O. The zero-order valence-corrected chi connectivity index (χ0v) is 28.2. The minimum Gasteiger partial charge on any atom is -0.507 e. The van der Waals surface area contributed by atoms with Crippen molar-refractivity contribution in [3.8, 4) is 5.75 Å². The van der Waals surface area contributed by atoms with E-state index in [-0.39, 0.29) is 40.7 Å². The summed E-state index contributed by atoms with van der Waals surface area (Å²) in [7, 11) is 0. The molecule has 0 aromatic carbocycles. The Balaban J connectivity index is 1.53. The number of ether oxygens (including phenoxy) is 2. The highest BCUT2D eigenvalue weighted by atomic mass is 16.6. The fraction of sp³-hybridized carbons (Fsp3) is 0.632. The summed E-state index contributed by atoms with van der Waals surface area (Å²) in [4.78, 5) is 25.8. The van der Waals surface area contributed by atoms with Crippen molar-refractivity contribution in [2.45, 2.75) is 125 Å². The monoisotopic (exact) mass is 606 g/mol. The van der Waals surface area contributed by atoms with Gasteiger partial charge in [-0.1, -0.05) is 76.6 Å². The molecule has 242 valence electrons. The molecule has 4 rings (SSSR count). The lowest BCUT2D eigenvalue weighted by atomic mass is 9.45. The zero-order valence-electron chi connectivity index (χ0n) is 28.2. The van der Waals surface area contributed by atoms with E-state index in [2.05, 4.69) is 40.3 Å². The molecule has 0 spiro atoms. The average Bonchev–Trinajstić information content (AvgIpc) is 3.05. The van der Waals surface area contributed by atoms with E-state index in [1.165, 1.54) is 6.08 Å². The van der Waals surface area contributed by atoms with Gasteiger partial charge in [-0.2, -0.15) is 0 Å². The molecule has 1 aliphatic heterocycles. The third-order valence-corrected chi connectivity index (χ3v) is 11.5. The molecule has 0 radical (unpaired) electrons. The first-order valence-electron chi connectivity index (χ1n) is 16.5. The van der Waals surface area contributed by atoms with Crippen LogP contribution in [0.4, 0.5) is 0 Å². The zero-order chi connectivity index (χ0) is 32.4. The number of aryl methyl sites for hydroxylation is 1. The summed E-state index contributed by atoms with van der Waals surface area (Å²) in [5.74, 6) is 1.03. The Bertz CT molecular complexity index is 1380. The number of rotatable bonds is 8. The molecular weight excluding hydrogens is 552 g/mol. The van der Waals surface area contributed by atoms with Crippen LogP contribution in [0, 0.1) is 42.4 Å². The van der Waals surface area contributed by atoms with Crippen LogP contribution in [-0.4, -0.2) is 28.9 Å². The van der Waals surface area contributed by atoms with E-state index in [1.807, 2.05) is 32.1 Å². The predicted octanol–water partition coefficient (Wildman–Crippen LogP) is 8.48. The third-order valence-electron chi connectivity index (χ3n) is 11.5. The molecule has 0 bridgehead atoms. The topological polar surface area (TPSA) is 86.0 Å². The fourth-order valence-corrected chi connectivity index (χ4v) is 8.29. The largest absolute Gasteiger partial charge is 0.507 e. The minimum absolute atomic E-state index is 0.0298. The predicted molar refractivity (Wildman–Crippen MR) is 176 cm³/mol. The Hall–Kier alpha value is -2.86. The van der Waals surface area contributed by atoms with Crippen LogP contribution in [0.5, 0.6) is 5.75 Å². The summed E-state index contributed by atoms with van der Waals surface area (Å²) in [6, 6.07) is 0. The van der Waals surface area contributed by atoms with Gasteiger partial charge in [0, 0.05) is 11.6 Å². The van der Waals surface area contributed by atoms with Crippen LogP contribution in [0.2, 0.25) is 0 Å². The van der Waals surface area contributed by atoms with Crippen LogP contribution < -0.4 is 5.63 Å². The highest BCUT2D eigenvalue weighted by Gasteiger charge is 2.60. The maximum atomic E-state index is 12.9. The molecule has 6 nitrogen and oxygen atoms in total. The lowest BCUT2D eigenvalue weighted by Crippen LogP contribution is -2.57. The number of esters is 1. The van der Waals surface area contributed by atoms with E-state index >= 15 is 0 Å². The summed E-state index contributed by atoms with van der Waals surface area (Å²) in [6.45, 7) is 21.1. The van der Waals surface area contributed by atoms with Crippen LogP contribution >= 0.6 is 0 Å². The van der Waals surface area contributed by atoms with E-state index in [0.717, 1.165) is 44.1 Å². The van der Waals surface area contributed by atoms with Gasteiger partial charge >= 0.3 is 11.6 Å². The Kier molecular flexibility index (Phi) is 10.2. The fourth-order valence-electron chi connectivity index (χ4n) is 8.29. The van der Waals surface area contributed by atoms with Crippen LogP contribution in [0.25, 0.3) is 0 Å². The molecule has 1 aromatic heterocycles. The van der Waals surface area contributed by atoms with Crippen LogP contribution in [0.1, 0.15) is 103 Å². The van der Waals surface area contributed by atoms with Gasteiger partial charge in [-0.15, -0.1) is 0 Å². The molecule has 2 saturated carbocycles.